The number of hydrogen-bond donors (Lipinski definition) is 0. The minimum absolute atomic E-state index is 0.0140. The molecule has 1 aromatic carbocycles. The van der Waals surface area contributed by atoms with E-state index >= 15 is 0 Å². The number of cyclic esters (lactones) is 2. The van der Waals surface area contributed by atoms with Crippen LogP contribution in [0.15, 0.2) is 24.3 Å². The number of hydrogen-bond acceptors (Lipinski definition) is 7. The molecule has 2 rings (SSSR count). The summed E-state index contributed by atoms with van der Waals surface area (Å²) in [5.74, 6) is -2.76. The molecule has 0 saturated carbocycles. The lowest BCUT2D eigenvalue weighted by atomic mass is 9.97. The highest BCUT2D eigenvalue weighted by atomic mass is 16.6. The van der Waals surface area contributed by atoms with E-state index < -0.39 is 23.9 Å². The fraction of sp³-hybridized carbons (Fsp3) is 0.294. The van der Waals surface area contributed by atoms with Crippen molar-refractivity contribution in [3.63, 3.8) is 0 Å². The second kappa shape index (κ2) is 7.08. The summed E-state index contributed by atoms with van der Waals surface area (Å²) in [7, 11) is 0. The van der Waals surface area contributed by atoms with Gasteiger partial charge in [-0.15, -0.1) is 0 Å². The van der Waals surface area contributed by atoms with Gasteiger partial charge in [0.15, 0.2) is 0 Å². The molecule has 126 valence electrons. The lowest BCUT2D eigenvalue weighted by Crippen LogP contribution is -2.13. The van der Waals surface area contributed by atoms with Gasteiger partial charge < -0.3 is 14.2 Å². The lowest BCUT2D eigenvalue weighted by molar-refractivity contribution is -0.138. The number of ether oxygens (including phenoxy) is 3. The normalized spacial score (nSPS) is 12.4. The van der Waals surface area contributed by atoms with E-state index in [2.05, 4.69) is 11.3 Å². The molecule has 0 N–H and O–H groups in total. The summed E-state index contributed by atoms with van der Waals surface area (Å²) in [4.78, 5) is 46.8. The zero-order valence-corrected chi connectivity index (χ0v) is 13.3. The summed E-state index contributed by atoms with van der Waals surface area (Å²) < 4.78 is 14.5. The quantitative estimate of drug-likeness (QED) is 0.339. The Bertz CT molecular complexity index is 746. The highest BCUT2D eigenvalue weighted by Gasteiger charge is 2.32. The van der Waals surface area contributed by atoms with Crippen LogP contribution in [-0.2, 0) is 25.4 Å². The van der Waals surface area contributed by atoms with Gasteiger partial charge in [-0.2, -0.15) is 0 Å². The highest BCUT2D eigenvalue weighted by Crippen LogP contribution is 2.25. The molecule has 0 amide bonds. The van der Waals surface area contributed by atoms with Crippen LogP contribution in [0.2, 0.25) is 0 Å². The summed E-state index contributed by atoms with van der Waals surface area (Å²) in [6.45, 7) is 6.78. The molecule has 0 unspecified atom stereocenters. The minimum atomic E-state index is -0.805. The van der Waals surface area contributed by atoms with Crippen molar-refractivity contribution in [3.05, 3.63) is 46.5 Å². The van der Waals surface area contributed by atoms with Crippen molar-refractivity contribution in [3.8, 4) is 0 Å². The van der Waals surface area contributed by atoms with E-state index in [-0.39, 0.29) is 41.9 Å². The largest absolute Gasteiger partial charge is 0.462 e. The maximum Gasteiger partial charge on any atom is 0.346 e. The Morgan fingerprint density at radius 1 is 1.12 bits per heavy atom. The van der Waals surface area contributed by atoms with Gasteiger partial charge in [-0.05, 0) is 31.5 Å². The predicted molar refractivity (Wildman–Crippen MR) is 81.6 cm³/mol. The van der Waals surface area contributed by atoms with Gasteiger partial charge in [-0.1, -0.05) is 6.58 Å². The Kier molecular flexibility index (Phi) is 5.13. The number of benzene rings is 1. The fourth-order valence-electron chi connectivity index (χ4n) is 2.16. The molecule has 0 aliphatic carbocycles. The van der Waals surface area contributed by atoms with Crippen molar-refractivity contribution >= 4 is 23.9 Å². The Balaban J connectivity index is 2.30. The molecular formula is C17H16O7. The van der Waals surface area contributed by atoms with Crippen LogP contribution in [0.5, 0.6) is 0 Å². The Morgan fingerprint density at radius 3 is 2.33 bits per heavy atom. The molecular weight excluding hydrogens is 316 g/mol. The zero-order valence-electron chi connectivity index (χ0n) is 13.3. The standard InChI is InChI=1S/C17H16O7/c1-4-22-15(19)11-8-13-12(16(20)24-17(13)21)7-10(11)5-6-23-14(18)9(2)3/h7-8H,2,4-6H2,1,3H3. The van der Waals surface area contributed by atoms with Gasteiger partial charge in [0.2, 0.25) is 0 Å². The average molecular weight is 332 g/mol. The van der Waals surface area contributed by atoms with Crippen LogP contribution in [0.4, 0.5) is 0 Å². The number of esters is 4. The molecule has 1 heterocycles. The maximum absolute atomic E-state index is 12.1. The molecule has 24 heavy (non-hydrogen) atoms. The Labute approximate surface area is 138 Å². The van der Waals surface area contributed by atoms with Crippen LogP contribution in [0.3, 0.4) is 0 Å². The van der Waals surface area contributed by atoms with E-state index in [9.17, 15) is 19.2 Å². The van der Waals surface area contributed by atoms with Gasteiger partial charge in [-0.3, -0.25) is 0 Å². The maximum atomic E-state index is 12.1. The van der Waals surface area contributed by atoms with Crippen molar-refractivity contribution in [2.75, 3.05) is 13.2 Å². The van der Waals surface area contributed by atoms with Crippen molar-refractivity contribution in [2.45, 2.75) is 20.3 Å². The molecule has 7 heteroatoms. The third-order valence-corrected chi connectivity index (χ3v) is 3.32. The second-order valence-electron chi connectivity index (χ2n) is 5.12. The van der Waals surface area contributed by atoms with Crippen molar-refractivity contribution in [2.24, 2.45) is 0 Å². The van der Waals surface area contributed by atoms with E-state index in [0.29, 0.717) is 5.56 Å². The van der Waals surface area contributed by atoms with Crippen molar-refractivity contribution in [1.82, 2.24) is 0 Å². The van der Waals surface area contributed by atoms with Crippen molar-refractivity contribution in [1.29, 1.82) is 0 Å². The molecule has 0 bridgehead atoms. The molecule has 0 saturated heterocycles. The third-order valence-electron chi connectivity index (χ3n) is 3.32. The lowest BCUT2D eigenvalue weighted by Gasteiger charge is -2.10. The van der Waals surface area contributed by atoms with Crippen LogP contribution in [-0.4, -0.2) is 37.1 Å². The molecule has 1 aliphatic heterocycles. The monoisotopic (exact) mass is 332 g/mol. The predicted octanol–water partition coefficient (Wildman–Crippen LogP) is 1.84. The third kappa shape index (κ3) is 3.51. The van der Waals surface area contributed by atoms with Gasteiger partial charge in [0.05, 0.1) is 29.9 Å². The SMILES string of the molecule is C=C(C)C(=O)OCCc1cc2c(cc1C(=O)OCC)C(=O)OC2=O. The summed E-state index contributed by atoms with van der Waals surface area (Å²) in [6, 6.07) is 2.67. The van der Waals surface area contributed by atoms with Crippen LogP contribution in [0.1, 0.15) is 50.5 Å². The molecule has 7 nitrogen and oxygen atoms in total. The van der Waals surface area contributed by atoms with Gasteiger partial charge >= 0.3 is 23.9 Å². The fourth-order valence-corrected chi connectivity index (χ4v) is 2.16. The van der Waals surface area contributed by atoms with E-state index in [1.165, 1.54) is 19.1 Å². The Hall–Kier alpha value is -2.96. The Morgan fingerprint density at radius 2 is 1.75 bits per heavy atom. The van der Waals surface area contributed by atoms with Crippen LogP contribution in [0.25, 0.3) is 0 Å². The molecule has 0 radical (unpaired) electrons. The van der Waals surface area contributed by atoms with Crippen LogP contribution >= 0.6 is 0 Å². The molecule has 1 aromatic rings. The van der Waals surface area contributed by atoms with Gasteiger partial charge in [0.25, 0.3) is 0 Å². The first-order valence-electron chi connectivity index (χ1n) is 7.28. The minimum Gasteiger partial charge on any atom is -0.462 e. The highest BCUT2D eigenvalue weighted by molar-refractivity contribution is 6.15. The van der Waals surface area contributed by atoms with Gasteiger partial charge in [-0.25, -0.2) is 19.2 Å². The van der Waals surface area contributed by atoms with E-state index in [0.717, 1.165) is 0 Å². The smallest absolute Gasteiger partial charge is 0.346 e. The van der Waals surface area contributed by atoms with Crippen LogP contribution in [0, 0.1) is 0 Å². The van der Waals surface area contributed by atoms with E-state index in [1.807, 2.05) is 0 Å². The first-order chi connectivity index (χ1) is 11.3. The van der Waals surface area contributed by atoms with E-state index in [1.54, 1.807) is 6.92 Å². The first-order valence-corrected chi connectivity index (χ1v) is 7.28. The number of fused-ring (bicyclic) bond motifs is 1. The number of carbonyl (C=O) groups excluding carboxylic acids is 4. The summed E-state index contributed by atoms with van der Waals surface area (Å²) in [5, 5.41) is 0. The average Bonchev–Trinajstić information content (AvgIpc) is 2.80. The zero-order chi connectivity index (χ0) is 17.9. The van der Waals surface area contributed by atoms with Crippen molar-refractivity contribution < 1.29 is 33.4 Å². The number of rotatable bonds is 6. The number of carbonyl (C=O) groups is 4. The van der Waals surface area contributed by atoms with Crippen LogP contribution < -0.4 is 0 Å². The molecule has 0 aromatic heterocycles. The van der Waals surface area contributed by atoms with E-state index in [4.69, 9.17) is 9.47 Å². The van der Waals surface area contributed by atoms with Gasteiger partial charge in [0.1, 0.15) is 0 Å². The summed E-state index contributed by atoms with van der Waals surface area (Å²) >= 11 is 0. The summed E-state index contributed by atoms with van der Waals surface area (Å²) in [6.07, 6.45) is 0.169. The molecule has 1 aliphatic rings. The molecule has 0 fully saturated rings. The summed E-state index contributed by atoms with van der Waals surface area (Å²) in [5.41, 5.74) is 0.908. The molecule has 0 spiro atoms. The topological polar surface area (TPSA) is 96.0 Å². The second-order valence-corrected chi connectivity index (χ2v) is 5.12. The molecule has 0 atom stereocenters. The van der Waals surface area contributed by atoms with Gasteiger partial charge in [0, 0.05) is 12.0 Å². The first kappa shape index (κ1) is 17.4.